The van der Waals surface area contributed by atoms with Gasteiger partial charge in [0.05, 0.1) is 13.0 Å². The average Bonchev–Trinajstić information content (AvgIpc) is 2.27. The Balaban J connectivity index is 2.35. The number of carboxylic acid groups (broad SMARTS) is 1. The van der Waals surface area contributed by atoms with Gasteiger partial charge in [-0.05, 0) is 12.1 Å². The monoisotopic (exact) mass is 224 g/mol. The molecule has 1 atom stereocenters. The third kappa shape index (κ3) is 4.05. The molecule has 0 aromatic carbocycles. The first kappa shape index (κ1) is 12.1. The van der Waals surface area contributed by atoms with E-state index in [0.29, 0.717) is 5.69 Å². The standard InChI is InChI=1S/C10H12N2O4/c13-8(10(15)16)6-12-9(14)5-7-3-1-2-4-11-7/h1-4,8,13H,5-6H2,(H,12,14)(H,15,16)/t8-/m0/s1. The first-order valence-corrected chi connectivity index (χ1v) is 4.67. The van der Waals surface area contributed by atoms with E-state index in [1.807, 2.05) is 0 Å². The van der Waals surface area contributed by atoms with Crippen LogP contribution in [0.25, 0.3) is 0 Å². The molecule has 0 unspecified atom stereocenters. The van der Waals surface area contributed by atoms with E-state index < -0.39 is 12.1 Å². The van der Waals surface area contributed by atoms with E-state index in [1.54, 1.807) is 24.4 Å². The molecule has 16 heavy (non-hydrogen) atoms. The van der Waals surface area contributed by atoms with Crippen LogP contribution in [0.1, 0.15) is 5.69 Å². The first-order chi connectivity index (χ1) is 7.59. The van der Waals surface area contributed by atoms with Crippen LogP contribution < -0.4 is 5.32 Å². The Morgan fingerprint density at radius 2 is 2.19 bits per heavy atom. The lowest BCUT2D eigenvalue weighted by molar-refractivity contribution is -0.146. The molecule has 0 saturated heterocycles. The smallest absolute Gasteiger partial charge is 0.334 e. The number of aromatic nitrogens is 1. The minimum Gasteiger partial charge on any atom is -0.479 e. The van der Waals surface area contributed by atoms with E-state index in [1.165, 1.54) is 0 Å². The van der Waals surface area contributed by atoms with Crippen molar-refractivity contribution >= 4 is 11.9 Å². The third-order valence-corrected chi connectivity index (χ3v) is 1.85. The van der Waals surface area contributed by atoms with Gasteiger partial charge in [0.15, 0.2) is 6.10 Å². The summed E-state index contributed by atoms with van der Waals surface area (Å²) in [6.45, 7) is -0.305. The summed E-state index contributed by atoms with van der Waals surface area (Å²) in [7, 11) is 0. The van der Waals surface area contributed by atoms with Crippen molar-refractivity contribution in [2.45, 2.75) is 12.5 Å². The highest BCUT2D eigenvalue weighted by atomic mass is 16.4. The first-order valence-electron chi connectivity index (χ1n) is 4.67. The second-order valence-corrected chi connectivity index (χ2v) is 3.16. The van der Waals surface area contributed by atoms with Gasteiger partial charge in [0.25, 0.3) is 0 Å². The predicted molar refractivity (Wildman–Crippen MR) is 54.6 cm³/mol. The maximum Gasteiger partial charge on any atom is 0.334 e. The molecule has 86 valence electrons. The van der Waals surface area contributed by atoms with Gasteiger partial charge in [-0.3, -0.25) is 9.78 Å². The number of aliphatic carboxylic acids is 1. The van der Waals surface area contributed by atoms with Gasteiger partial charge in [-0.25, -0.2) is 4.79 Å². The van der Waals surface area contributed by atoms with Crippen molar-refractivity contribution in [1.82, 2.24) is 10.3 Å². The van der Waals surface area contributed by atoms with Crippen molar-refractivity contribution in [2.75, 3.05) is 6.54 Å². The van der Waals surface area contributed by atoms with Crippen molar-refractivity contribution in [3.63, 3.8) is 0 Å². The van der Waals surface area contributed by atoms with Gasteiger partial charge in [0.2, 0.25) is 5.91 Å². The zero-order chi connectivity index (χ0) is 12.0. The van der Waals surface area contributed by atoms with Crippen molar-refractivity contribution in [1.29, 1.82) is 0 Å². The second kappa shape index (κ2) is 5.82. The summed E-state index contributed by atoms with van der Waals surface area (Å²) in [4.78, 5) is 25.5. The van der Waals surface area contributed by atoms with Crippen LogP contribution in [0.15, 0.2) is 24.4 Å². The normalized spacial score (nSPS) is 11.8. The molecule has 6 heteroatoms. The van der Waals surface area contributed by atoms with Gasteiger partial charge < -0.3 is 15.5 Å². The zero-order valence-corrected chi connectivity index (χ0v) is 8.46. The second-order valence-electron chi connectivity index (χ2n) is 3.16. The molecule has 0 aliphatic rings. The lowest BCUT2D eigenvalue weighted by Crippen LogP contribution is -2.37. The number of aliphatic hydroxyl groups is 1. The van der Waals surface area contributed by atoms with E-state index in [9.17, 15) is 9.59 Å². The molecule has 6 nitrogen and oxygen atoms in total. The summed E-state index contributed by atoms with van der Waals surface area (Å²) in [6, 6.07) is 5.17. The number of hydrogen-bond donors (Lipinski definition) is 3. The summed E-state index contributed by atoms with van der Waals surface area (Å²) in [5.41, 5.74) is 0.588. The molecule has 1 aromatic heterocycles. The quantitative estimate of drug-likeness (QED) is 0.607. The number of carboxylic acids is 1. The molecular formula is C10H12N2O4. The van der Waals surface area contributed by atoms with Gasteiger partial charge >= 0.3 is 5.97 Å². The summed E-state index contributed by atoms with van der Waals surface area (Å²) < 4.78 is 0. The minimum atomic E-state index is -1.58. The zero-order valence-electron chi connectivity index (χ0n) is 8.46. The van der Waals surface area contributed by atoms with Gasteiger partial charge in [0.1, 0.15) is 0 Å². The molecule has 0 aliphatic carbocycles. The number of nitrogens with one attached hydrogen (secondary N) is 1. The summed E-state index contributed by atoms with van der Waals surface area (Å²) >= 11 is 0. The van der Waals surface area contributed by atoms with E-state index in [4.69, 9.17) is 10.2 Å². The highest BCUT2D eigenvalue weighted by molar-refractivity contribution is 5.79. The Bertz CT molecular complexity index is 366. The fourth-order valence-corrected chi connectivity index (χ4v) is 1.03. The molecular weight excluding hydrogens is 212 g/mol. The Labute approximate surface area is 91.9 Å². The highest BCUT2D eigenvalue weighted by Gasteiger charge is 2.14. The van der Waals surface area contributed by atoms with Crippen LogP contribution in [-0.2, 0) is 16.0 Å². The number of rotatable bonds is 5. The molecule has 0 radical (unpaired) electrons. The molecule has 3 N–H and O–H groups in total. The molecule has 1 rings (SSSR count). The number of aliphatic hydroxyl groups excluding tert-OH is 1. The van der Waals surface area contributed by atoms with Gasteiger partial charge in [-0.2, -0.15) is 0 Å². The fraction of sp³-hybridized carbons (Fsp3) is 0.300. The summed E-state index contributed by atoms with van der Waals surface area (Å²) in [5.74, 6) is -1.74. The Morgan fingerprint density at radius 1 is 1.44 bits per heavy atom. The van der Waals surface area contributed by atoms with Crippen molar-refractivity contribution < 1.29 is 19.8 Å². The van der Waals surface area contributed by atoms with E-state index in [2.05, 4.69) is 10.3 Å². The SMILES string of the molecule is O=C(Cc1ccccn1)NC[C@H](O)C(=O)O. The van der Waals surface area contributed by atoms with Crippen LogP contribution in [0.3, 0.4) is 0 Å². The predicted octanol–water partition coefficient (Wildman–Crippen LogP) is -0.814. The topological polar surface area (TPSA) is 99.5 Å². The van der Waals surface area contributed by atoms with Crippen LogP contribution in [0.4, 0.5) is 0 Å². The molecule has 0 spiro atoms. The van der Waals surface area contributed by atoms with Gasteiger partial charge in [0, 0.05) is 11.9 Å². The molecule has 0 saturated carbocycles. The van der Waals surface area contributed by atoms with Gasteiger partial charge in [-0.15, -0.1) is 0 Å². The number of hydrogen-bond acceptors (Lipinski definition) is 4. The third-order valence-electron chi connectivity index (χ3n) is 1.85. The Hall–Kier alpha value is -1.95. The van der Waals surface area contributed by atoms with Crippen LogP contribution in [0.2, 0.25) is 0 Å². The number of pyridine rings is 1. The largest absolute Gasteiger partial charge is 0.479 e. The number of carbonyl (C=O) groups excluding carboxylic acids is 1. The lowest BCUT2D eigenvalue weighted by Gasteiger charge is -2.07. The van der Waals surface area contributed by atoms with Crippen LogP contribution >= 0.6 is 0 Å². The summed E-state index contributed by atoms with van der Waals surface area (Å²) in [6.07, 6.45) is 0.0507. The molecule has 1 aromatic rings. The van der Waals surface area contributed by atoms with Gasteiger partial charge in [-0.1, -0.05) is 6.07 Å². The molecule has 1 amide bonds. The van der Waals surface area contributed by atoms with Crippen LogP contribution in [0.5, 0.6) is 0 Å². The van der Waals surface area contributed by atoms with E-state index in [-0.39, 0.29) is 18.9 Å². The highest BCUT2D eigenvalue weighted by Crippen LogP contribution is 1.94. The number of amides is 1. The maximum absolute atomic E-state index is 11.3. The van der Waals surface area contributed by atoms with Crippen molar-refractivity contribution in [3.8, 4) is 0 Å². The number of carbonyl (C=O) groups is 2. The van der Waals surface area contributed by atoms with Crippen LogP contribution in [0, 0.1) is 0 Å². The van der Waals surface area contributed by atoms with Crippen LogP contribution in [-0.4, -0.2) is 39.7 Å². The molecule has 0 fully saturated rings. The maximum atomic E-state index is 11.3. The number of nitrogens with zero attached hydrogens (tertiary/aromatic N) is 1. The molecule has 0 bridgehead atoms. The minimum absolute atomic E-state index is 0.0627. The van der Waals surface area contributed by atoms with E-state index >= 15 is 0 Å². The van der Waals surface area contributed by atoms with Crippen molar-refractivity contribution in [2.24, 2.45) is 0 Å². The summed E-state index contributed by atoms with van der Waals surface area (Å²) in [5, 5.41) is 19.6. The molecule has 0 aliphatic heterocycles. The lowest BCUT2D eigenvalue weighted by atomic mass is 10.2. The van der Waals surface area contributed by atoms with Crippen molar-refractivity contribution in [3.05, 3.63) is 30.1 Å². The Kier molecular flexibility index (Phi) is 4.41. The average molecular weight is 224 g/mol. The Morgan fingerprint density at radius 3 is 2.75 bits per heavy atom. The fourth-order valence-electron chi connectivity index (χ4n) is 1.03. The molecule has 1 heterocycles. The van der Waals surface area contributed by atoms with E-state index in [0.717, 1.165) is 0 Å².